The summed E-state index contributed by atoms with van der Waals surface area (Å²) in [6.45, 7) is 2.76. The first kappa shape index (κ1) is 13.7. The molecule has 0 saturated carbocycles. The van der Waals surface area contributed by atoms with Gasteiger partial charge in [0.25, 0.3) is 0 Å². The van der Waals surface area contributed by atoms with Crippen LogP contribution < -0.4 is 0 Å². The van der Waals surface area contributed by atoms with Gasteiger partial charge >= 0.3 is 5.97 Å². The van der Waals surface area contributed by atoms with Gasteiger partial charge in [0.1, 0.15) is 0 Å². The Labute approximate surface area is 118 Å². The fourth-order valence-corrected chi connectivity index (χ4v) is 2.29. The maximum absolute atomic E-state index is 11.3. The summed E-state index contributed by atoms with van der Waals surface area (Å²) in [6, 6.07) is 7.40. The number of allylic oxidation sites excluding steroid dienone is 3. The number of carbonyl (C=O) groups excluding carboxylic acids is 1. The van der Waals surface area contributed by atoms with E-state index in [1.165, 1.54) is 12.7 Å². The van der Waals surface area contributed by atoms with Crippen LogP contribution in [0.15, 0.2) is 47.7 Å². The molecule has 100 valence electrons. The average molecular weight is 278 g/mol. The second kappa shape index (κ2) is 5.93. The minimum atomic E-state index is -0.318. The van der Waals surface area contributed by atoms with Gasteiger partial charge in [0.05, 0.1) is 19.2 Å². The molecule has 3 nitrogen and oxygen atoms in total. The first-order valence-electron chi connectivity index (χ1n) is 6.08. The van der Waals surface area contributed by atoms with Gasteiger partial charge in [0, 0.05) is 23.9 Å². The van der Waals surface area contributed by atoms with Gasteiger partial charge in [-0.3, -0.25) is 4.42 Å². The molecule has 0 aliphatic carbocycles. The van der Waals surface area contributed by atoms with Gasteiger partial charge < -0.3 is 4.74 Å². The molecule has 0 saturated heterocycles. The summed E-state index contributed by atoms with van der Waals surface area (Å²) < 4.78 is 6.40. The molecule has 19 heavy (non-hydrogen) atoms. The van der Waals surface area contributed by atoms with Gasteiger partial charge in [-0.05, 0) is 30.2 Å². The highest BCUT2D eigenvalue weighted by Crippen LogP contribution is 2.23. The molecule has 0 N–H and O–H groups in total. The van der Waals surface area contributed by atoms with E-state index in [0.29, 0.717) is 12.1 Å². The number of hydrogen-bond acceptors (Lipinski definition) is 3. The number of carbonyl (C=O) groups is 1. The fourth-order valence-electron chi connectivity index (χ4n) is 2.01. The second-order valence-electron chi connectivity index (χ2n) is 4.44. The predicted molar refractivity (Wildman–Crippen MR) is 75.9 cm³/mol. The summed E-state index contributed by atoms with van der Waals surface area (Å²) in [4.78, 5) is 11.3. The SMILES string of the molecule is COC(=O)c1ccc(CC2=C(C)C=CCN2Cl)cc1. The van der Waals surface area contributed by atoms with Crippen LogP contribution in [-0.4, -0.2) is 24.0 Å². The highest BCUT2D eigenvalue weighted by atomic mass is 35.5. The molecule has 1 aromatic rings. The van der Waals surface area contributed by atoms with Gasteiger partial charge in [-0.25, -0.2) is 4.79 Å². The molecule has 0 fully saturated rings. The van der Waals surface area contributed by atoms with E-state index >= 15 is 0 Å². The van der Waals surface area contributed by atoms with Crippen molar-refractivity contribution in [3.8, 4) is 0 Å². The number of benzene rings is 1. The molecular weight excluding hydrogens is 262 g/mol. The molecule has 0 atom stereocenters. The zero-order valence-corrected chi connectivity index (χ0v) is 11.8. The molecule has 0 bridgehead atoms. The fraction of sp³-hybridized carbons (Fsp3) is 0.267. The van der Waals surface area contributed by atoms with E-state index < -0.39 is 0 Å². The number of esters is 1. The summed E-state index contributed by atoms with van der Waals surface area (Å²) in [7, 11) is 1.38. The van der Waals surface area contributed by atoms with Crippen LogP contribution in [0.1, 0.15) is 22.8 Å². The average Bonchev–Trinajstić information content (AvgIpc) is 2.43. The molecule has 1 aliphatic rings. The zero-order valence-electron chi connectivity index (χ0n) is 11.0. The summed E-state index contributed by atoms with van der Waals surface area (Å²) >= 11 is 6.18. The summed E-state index contributed by atoms with van der Waals surface area (Å²) in [5, 5.41) is 0. The molecule has 0 radical (unpaired) electrons. The van der Waals surface area contributed by atoms with Gasteiger partial charge in [-0.15, -0.1) is 0 Å². The standard InChI is InChI=1S/C15H16ClNO2/c1-11-4-3-9-17(16)14(11)10-12-5-7-13(8-6-12)15(18)19-2/h3-8H,9-10H2,1-2H3. The van der Waals surface area contributed by atoms with Crippen LogP contribution in [0.25, 0.3) is 0 Å². The second-order valence-corrected chi connectivity index (χ2v) is 4.85. The van der Waals surface area contributed by atoms with Crippen LogP contribution in [-0.2, 0) is 11.2 Å². The maximum atomic E-state index is 11.3. The third-order valence-electron chi connectivity index (χ3n) is 3.13. The van der Waals surface area contributed by atoms with Crippen molar-refractivity contribution in [3.05, 3.63) is 58.8 Å². The Morgan fingerprint density at radius 2 is 2.05 bits per heavy atom. The van der Waals surface area contributed by atoms with Crippen molar-refractivity contribution in [1.82, 2.24) is 4.42 Å². The summed E-state index contributed by atoms with van der Waals surface area (Å²) in [5.74, 6) is -0.318. The lowest BCUT2D eigenvalue weighted by Crippen LogP contribution is -2.18. The lowest BCUT2D eigenvalue weighted by molar-refractivity contribution is 0.0600. The van der Waals surface area contributed by atoms with E-state index in [0.717, 1.165) is 17.7 Å². The third kappa shape index (κ3) is 3.18. The van der Waals surface area contributed by atoms with Crippen LogP contribution >= 0.6 is 11.8 Å². The monoisotopic (exact) mass is 277 g/mol. The first-order valence-corrected chi connectivity index (χ1v) is 6.42. The molecule has 1 heterocycles. The Kier molecular flexibility index (Phi) is 4.27. The van der Waals surface area contributed by atoms with Gasteiger partial charge in [-0.2, -0.15) is 0 Å². The molecule has 1 aromatic carbocycles. The molecule has 0 aromatic heterocycles. The van der Waals surface area contributed by atoms with E-state index in [1.54, 1.807) is 16.6 Å². The van der Waals surface area contributed by atoms with E-state index in [4.69, 9.17) is 11.8 Å². The van der Waals surface area contributed by atoms with Crippen molar-refractivity contribution in [2.24, 2.45) is 0 Å². The number of ether oxygens (including phenoxy) is 1. The van der Waals surface area contributed by atoms with E-state index in [1.807, 2.05) is 25.1 Å². The summed E-state index contributed by atoms with van der Waals surface area (Å²) in [5.41, 5.74) is 3.93. The minimum Gasteiger partial charge on any atom is -0.465 e. The van der Waals surface area contributed by atoms with Crippen molar-refractivity contribution in [3.63, 3.8) is 0 Å². The Morgan fingerprint density at radius 1 is 1.37 bits per heavy atom. The first-order chi connectivity index (χ1) is 9.11. The van der Waals surface area contributed by atoms with Gasteiger partial charge in [-0.1, -0.05) is 24.3 Å². The smallest absolute Gasteiger partial charge is 0.337 e. The molecule has 4 heteroatoms. The van der Waals surface area contributed by atoms with Crippen molar-refractivity contribution in [1.29, 1.82) is 0 Å². The van der Waals surface area contributed by atoms with Gasteiger partial charge in [0.15, 0.2) is 0 Å². The Hall–Kier alpha value is -1.74. The van der Waals surface area contributed by atoms with Crippen molar-refractivity contribution in [2.45, 2.75) is 13.3 Å². The van der Waals surface area contributed by atoms with Crippen molar-refractivity contribution in [2.75, 3.05) is 13.7 Å². The highest BCUT2D eigenvalue weighted by molar-refractivity contribution is 6.14. The number of hydrogen-bond donors (Lipinski definition) is 0. The van der Waals surface area contributed by atoms with Crippen molar-refractivity contribution >= 4 is 17.7 Å². The quantitative estimate of drug-likeness (QED) is 0.627. The third-order valence-corrected chi connectivity index (χ3v) is 3.47. The van der Waals surface area contributed by atoms with Crippen molar-refractivity contribution < 1.29 is 9.53 Å². The normalized spacial score (nSPS) is 14.8. The van der Waals surface area contributed by atoms with Crippen LogP contribution in [0.3, 0.4) is 0 Å². The van der Waals surface area contributed by atoms with E-state index in [-0.39, 0.29) is 5.97 Å². The van der Waals surface area contributed by atoms with E-state index in [9.17, 15) is 4.79 Å². The molecule has 0 unspecified atom stereocenters. The number of methoxy groups -OCH3 is 1. The molecule has 1 aliphatic heterocycles. The van der Waals surface area contributed by atoms with Crippen LogP contribution in [0.5, 0.6) is 0 Å². The predicted octanol–water partition coefficient (Wildman–Crippen LogP) is 3.32. The Balaban J connectivity index is 2.16. The minimum absolute atomic E-state index is 0.318. The Morgan fingerprint density at radius 3 is 2.63 bits per heavy atom. The van der Waals surface area contributed by atoms with Crippen LogP contribution in [0.4, 0.5) is 0 Å². The van der Waals surface area contributed by atoms with E-state index in [2.05, 4.69) is 10.8 Å². The number of halogens is 1. The zero-order chi connectivity index (χ0) is 13.8. The Bertz CT molecular complexity index is 532. The largest absolute Gasteiger partial charge is 0.465 e. The van der Waals surface area contributed by atoms with Crippen LogP contribution in [0.2, 0.25) is 0 Å². The summed E-state index contributed by atoms with van der Waals surface area (Å²) in [6.07, 6.45) is 4.87. The highest BCUT2D eigenvalue weighted by Gasteiger charge is 2.13. The van der Waals surface area contributed by atoms with Crippen LogP contribution in [0, 0.1) is 0 Å². The molecule has 0 amide bonds. The lowest BCUT2D eigenvalue weighted by atomic mass is 10.0. The number of rotatable bonds is 3. The molecular formula is C15H16ClNO2. The molecule has 2 rings (SSSR count). The maximum Gasteiger partial charge on any atom is 0.337 e. The van der Waals surface area contributed by atoms with Gasteiger partial charge in [0.2, 0.25) is 0 Å². The topological polar surface area (TPSA) is 29.5 Å². The molecule has 0 spiro atoms. The lowest BCUT2D eigenvalue weighted by Gasteiger charge is -2.23. The number of nitrogens with zero attached hydrogens (tertiary/aromatic N) is 1.